The molecule has 0 aliphatic carbocycles. The quantitative estimate of drug-likeness (QED) is 0.216. The van der Waals surface area contributed by atoms with Crippen molar-refractivity contribution in [2.75, 3.05) is 11.1 Å². The number of aromatic nitrogens is 4. The van der Waals surface area contributed by atoms with Gasteiger partial charge in [-0.2, -0.15) is 13.2 Å². The number of anilines is 1. The fraction of sp³-hybridized carbons (Fsp3) is 0.154. The number of hydrogen-bond donors (Lipinski definition) is 1. The molecule has 5 rings (SSSR count). The van der Waals surface area contributed by atoms with Gasteiger partial charge in [0.2, 0.25) is 11.7 Å². The minimum absolute atomic E-state index is 0.0463. The summed E-state index contributed by atoms with van der Waals surface area (Å²) in [4.78, 5) is 17.6. The normalized spacial score (nSPS) is 11.6. The third kappa shape index (κ3) is 5.97. The Morgan fingerprint density at radius 2 is 1.92 bits per heavy atom. The molecule has 0 saturated heterocycles. The van der Waals surface area contributed by atoms with Crippen LogP contribution in [0.15, 0.2) is 82.7 Å². The third-order valence-corrected chi connectivity index (χ3v) is 7.27. The molecule has 38 heavy (non-hydrogen) atoms. The van der Waals surface area contributed by atoms with Gasteiger partial charge in [0.05, 0.1) is 17.6 Å². The highest BCUT2D eigenvalue weighted by molar-refractivity contribution is 7.99. The van der Waals surface area contributed by atoms with Crippen molar-refractivity contribution in [2.24, 2.45) is 0 Å². The smallest absolute Gasteiger partial charge is 0.416 e. The summed E-state index contributed by atoms with van der Waals surface area (Å²) in [6, 6.07) is 16.6. The van der Waals surface area contributed by atoms with Crippen molar-refractivity contribution in [3.8, 4) is 17.3 Å². The number of thioether (sulfide) groups is 1. The average Bonchev–Trinajstić information content (AvgIpc) is 3.64. The van der Waals surface area contributed by atoms with E-state index in [2.05, 4.69) is 20.5 Å². The van der Waals surface area contributed by atoms with Gasteiger partial charge in [0.25, 0.3) is 0 Å². The predicted octanol–water partition coefficient (Wildman–Crippen LogP) is 6.63. The lowest BCUT2D eigenvalue weighted by Gasteiger charge is -2.09. The lowest BCUT2D eigenvalue weighted by molar-refractivity contribution is -0.137. The van der Waals surface area contributed by atoms with Gasteiger partial charge in [-0.1, -0.05) is 47.7 Å². The van der Waals surface area contributed by atoms with Gasteiger partial charge in [0.15, 0.2) is 16.0 Å². The highest BCUT2D eigenvalue weighted by atomic mass is 32.2. The zero-order valence-corrected chi connectivity index (χ0v) is 21.5. The molecule has 0 atom stereocenters. The molecule has 12 heteroatoms. The number of aryl methyl sites for hydroxylation is 1. The molecule has 3 heterocycles. The van der Waals surface area contributed by atoms with E-state index < -0.39 is 11.7 Å². The summed E-state index contributed by atoms with van der Waals surface area (Å²) >= 11 is 2.43. The second-order valence-corrected chi connectivity index (χ2v) is 10.4. The number of alkyl halides is 3. The summed E-state index contributed by atoms with van der Waals surface area (Å²) in [7, 11) is 0. The van der Waals surface area contributed by atoms with Gasteiger partial charge in [-0.05, 0) is 42.8 Å². The standard InChI is InChI=1S/C26H20F3N5O2S2/c1-16-7-9-19(10-8-16)34-23(21-6-3-11-36-21)32-33-25(34)37-15-22(35)31-24-30-14-20(38-24)13-17-4-2-5-18(12-17)26(27,28)29/h2-12,14H,13,15H2,1H3,(H,30,31,35). The molecule has 0 spiro atoms. The molecule has 0 unspecified atom stereocenters. The lowest BCUT2D eigenvalue weighted by Crippen LogP contribution is -2.14. The lowest BCUT2D eigenvalue weighted by atomic mass is 10.1. The molecular weight excluding hydrogens is 535 g/mol. The molecule has 1 amide bonds. The van der Waals surface area contributed by atoms with Crippen LogP contribution in [0.5, 0.6) is 0 Å². The molecule has 0 radical (unpaired) electrons. The Balaban J connectivity index is 1.25. The summed E-state index contributed by atoms with van der Waals surface area (Å²) in [5, 5.41) is 12.2. The second-order valence-electron chi connectivity index (χ2n) is 8.30. The fourth-order valence-corrected chi connectivity index (χ4v) is 5.26. The van der Waals surface area contributed by atoms with Crippen LogP contribution in [0.4, 0.5) is 18.3 Å². The number of furan rings is 1. The average molecular weight is 556 g/mol. The summed E-state index contributed by atoms with van der Waals surface area (Å²) in [6.45, 7) is 1.99. The van der Waals surface area contributed by atoms with E-state index >= 15 is 0 Å². The maximum absolute atomic E-state index is 13.0. The van der Waals surface area contributed by atoms with Gasteiger partial charge in [0, 0.05) is 23.2 Å². The number of amides is 1. The summed E-state index contributed by atoms with van der Waals surface area (Å²) in [5.74, 6) is 0.810. The molecule has 0 aliphatic heterocycles. The summed E-state index contributed by atoms with van der Waals surface area (Å²) in [6.07, 6.45) is -1.01. The Morgan fingerprint density at radius 1 is 1.11 bits per heavy atom. The molecule has 0 bridgehead atoms. The maximum atomic E-state index is 13.0. The number of carbonyl (C=O) groups excluding carboxylic acids is 1. The van der Waals surface area contributed by atoms with Crippen molar-refractivity contribution in [2.45, 2.75) is 24.7 Å². The summed E-state index contributed by atoms with van der Waals surface area (Å²) < 4.78 is 46.3. The number of hydrogen-bond acceptors (Lipinski definition) is 7. The predicted molar refractivity (Wildman–Crippen MR) is 140 cm³/mol. The van der Waals surface area contributed by atoms with E-state index in [9.17, 15) is 18.0 Å². The molecule has 0 aliphatic rings. The van der Waals surface area contributed by atoms with Crippen LogP contribution in [0.1, 0.15) is 21.6 Å². The van der Waals surface area contributed by atoms with E-state index in [4.69, 9.17) is 4.42 Å². The Labute approximate surface area is 223 Å². The van der Waals surface area contributed by atoms with E-state index in [0.29, 0.717) is 27.4 Å². The van der Waals surface area contributed by atoms with Crippen LogP contribution in [-0.4, -0.2) is 31.4 Å². The number of halogens is 3. The Kier molecular flexibility index (Phi) is 7.34. The van der Waals surface area contributed by atoms with E-state index in [1.807, 2.05) is 35.8 Å². The summed E-state index contributed by atoms with van der Waals surface area (Å²) in [5.41, 5.74) is 1.75. The highest BCUT2D eigenvalue weighted by Crippen LogP contribution is 2.31. The molecule has 1 N–H and O–H groups in total. The minimum Gasteiger partial charge on any atom is -0.461 e. The third-order valence-electron chi connectivity index (χ3n) is 5.43. The molecule has 3 aromatic heterocycles. The monoisotopic (exact) mass is 555 g/mol. The van der Waals surface area contributed by atoms with Crippen molar-refractivity contribution in [3.63, 3.8) is 0 Å². The largest absolute Gasteiger partial charge is 0.461 e. The van der Waals surface area contributed by atoms with E-state index in [0.717, 1.165) is 28.3 Å². The fourth-order valence-electron chi connectivity index (χ4n) is 3.65. The van der Waals surface area contributed by atoms with Gasteiger partial charge < -0.3 is 9.73 Å². The molecule has 5 aromatic rings. The molecular formula is C26H20F3N5O2S2. The van der Waals surface area contributed by atoms with E-state index in [1.54, 1.807) is 30.7 Å². The van der Waals surface area contributed by atoms with Gasteiger partial charge in [-0.15, -0.1) is 21.5 Å². The van der Waals surface area contributed by atoms with Crippen LogP contribution in [0.3, 0.4) is 0 Å². The topological polar surface area (TPSA) is 85.8 Å². The zero-order valence-electron chi connectivity index (χ0n) is 19.9. The van der Waals surface area contributed by atoms with Crippen LogP contribution in [-0.2, 0) is 17.4 Å². The number of rotatable bonds is 8. The van der Waals surface area contributed by atoms with Crippen molar-refractivity contribution < 1.29 is 22.4 Å². The van der Waals surface area contributed by atoms with E-state index in [-0.39, 0.29) is 18.1 Å². The molecule has 2 aromatic carbocycles. The van der Waals surface area contributed by atoms with Crippen LogP contribution in [0.2, 0.25) is 0 Å². The van der Waals surface area contributed by atoms with Gasteiger partial charge in [-0.25, -0.2) is 4.98 Å². The Morgan fingerprint density at radius 3 is 2.66 bits per heavy atom. The van der Waals surface area contributed by atoms with Gasteiger partial charge in [-0.3, -0.25) is 9.36 Å². The first-order valence-electron chi connectivity index (χ1n) is 11.4. The van der Waals surface area contributed by atoms with E-state index in [1.165, 1.54) is 29.2 Å². The van der Waals surface area contributed by atoms with Gasteiger partial charge in [0.1, 0.15) is 0 Å². The van der Waals surface area contributed by atoms with Crippen molar-refractivity contribution in [1.29, 1.82) is 0 Å². The Bertz CT molecular complexity index is 1540. The van der Waals surface area contributed by atoms with Crippen LogP contribution in [0.25, 0.3) is 17.3 Å². The highest BCUT2D eigenvalue weighted by Gasteiger charge is 2.30. The number of carbonyl (C=O) groups is 1. The SMILES string of the molecule is Cc1ccc(-n2c(SCC(=O)Nc3ncc(Cc4cccc(C(F)(F)F)c4)s3)nnc2-c2ccco2)cc1. The van der Waals surface area contributed by atoms with Crippen molar-refractivity contribution >= 4 is 34.1 Å². The second kappa shape index (κ2) is 10.8. The van der Waals surface area contributed by atoms with Crippen LogP contribution < -0.4 is 5.32 Å². The molecule has 194 valence electrons. The van der Waals surface area contributed by atoms with Crippen LogP contribution in [0, 0.1) is 6.92 Å². The molecule has 0 saturated carbocycles. The van der Waals surface area contributed by atoms with Crippen molar-refractivity contribution in [3.05, 3.63) is 94.7 Å². The molecule has 0 fully saturated rings. The first-order valence-corrected chi connectivity index (χ1v) is 13.2. The maximum Gasteiger partial charge on any atom is 0.416 e. The number of nitrogens with zero attached hydrogens (tertiary/aromatic N) is 4. The number of thiazole rings is 1. The molecule has 7 nitrogen and oxygen atoms in total. The number of benzene rings is 2. The Hall–Kier alpha value is -3.90. The van der Waals surface area contributed by atoms with Crippen LogP contribution >= 0.6 is 23.1 Å². The minimum atomic E-state index is -4.40. The first kappa shape index (κ1) is 25.7. The van der Waals surface area contributed by atoms with Crippen molar-refractivity contribution in [1.82, 2.24) is 19.7 Å². The number of nitrogens with one attached hydrogen (secondary N) is 1. The van der Waals surface area contributed by atoms with Gasteiger partial charge >= 0.3 is 6.18 Å². The zero-order chi connectivity index (χ0) is 26.7. The first-order chi connectivity index (χ1) is 18.3.